The van der Waals surface area contributed by atoms with Crippen LogP contribution in [0.1, 0.15) is 61.9 Å². The summed E-state index contributed by atoms with van der Waals surface area (Å²) in [5.74, 6) is -0.654. The maximum absolute atomic E-state index is 14.3. The number of hydrogen-bond donors (Lipinski definition) is 3. The van der Waals surface area contributed by atoms with E-state index >= 15 is 0 Å². The molecule has 4 aliphatic rings. The third-order valence-electron chi connectivity index (χ3n) is 14.3. The van der Waals surface area contributed by atoms with E-state index in [0.717, 1.165) is 114 Å². The molecule has 0 spiro atoms. The van der Waals surface area contributed by atoms with Gasteiger partial charge in [-0.15, -0.1) is 11.8 Å². The molecule has 3 fully saturated rings. The van der Waals surface area contributed by atoms with E-state index in [-0.39, 0.29) is 11.0 Å². The Kier molecular flexibility index (Phi) is 18.3. The van der Waals surface area contributed by atoms with Crippen molar-refractivity contribution >= 4 is 66.1 Å². The van der Waals surface area contributed by atoms with Crippen LogP contribution in [0, 0.1) is 5.41 Å². The van der Waals surface area contributed by atoms with Crippen LogP contribution in [0.4, 0.5) is 24.5 Å². The van der Waals surface area contributed by atoms with Crippen LogP contribution in [0.15, 0.2) is 117 Å². The number of thioether (sulfide) groups is 1. The lowest BCUT2D eigenvalue weighted by atomic mass is 9.71. The van der Waals surface area contributed by atoms with Crippen molar-refractivity contribution in [2.45, 2.75) is 78.2 Å². The molecule has 0 aromatic heterocycles. The summed E-state index contributed by atoms with van der Waals surface area (Å²) in [6, 6.07) is 26.5. The number of carbonyl (C=O) groups excluding carboxylic acids is 1. The van der Waals surface area contributed by atoms with Crippen LogP contribution in [0.2, 0.25) is 5.02 Å². The molecule has 20 heteroatoms. The second-order valence-corrected chi connectivity index (χ2v) is 25.2. The minimum Gasteiger partial charge on any atom is -0.380 e. The van der Waals surface area contributed by atoms with Gasteiger partial charge >= 0.3 is 5.51 Å². The fraction of sp³-hybridized carbons (Fsp3) is 0.491. The summed E-state index contributed by atoms with van der Waals surface area (Å²) in [6.45, 7) is 16.0. The van der Waals surface area contributed by atoms with Gasteiger partial charge in [0.2, 0.25) is 0 Å². The highest BCUT2D eigenvalue weighted by molar-refractivity contribution is 7.99. The molecule has 0 radical (unpaired) electrons. The predicted octanol–water partition coefficient (Wildman–Crippen LogP) is 8.50. The van der Waals surface area contributed by atoms with Crippen LogP contribution in [-0.4, -0.2) is 153 Å². The lowest BCUT2D eigenvalue weighted by molar-refractivity contribution is -0.0435. The molecule has 13 nitrogen and oxygen atoms in total. The fourth-order valence-corrected chi connectivity index (χ4v) is 13.6. The molecule has 73 heavy (non-hydrogen) atoms. The number of nitrogens with zero attached hydrogens (tertiary/aromatic N) is 4. The molecule has 1 amide bonds. The van der Waals surface area contributed by atoms with E-state index in [2.05, 4.69) is 56.2 Å². The first-order valence-electron chi connectivity index (χ1n) is 25.1. The van der Waals surface area contributed by atoms with Gasteiger partial charge in [-0.3, -0.25) is 14.6 Å². The van der Waals surface area contributed by atoms with E-state index in [1.807, 2.05) is 47.2 Å². The summed E-state index contributed by atoms with van der Waals surface area (Å²) < 4.78 is 104. The van der Waals surface area contributed by atoms with E-state index in [9.17, 15) is 34.8 Å². The molecule has 3 aliphatic heterocycles. The monoisotopic (exact) mass is 1090 g/mol. The number of alkyl halides is 3. The maximum atomic E-state index is 14.3. The highest BCUT2D eigenvalue weighted by Crippen LogP contribution is 2.44. The summed E-state index contributed by atoms with van der Waals surface area (Å²) >= 11 is 7.76. The second-order valence-electron chi connectivity index (χ2n) is 20.1. The van der Waals surface area contributed by atoms with Crippen LogP contribution in [0.3, 0.4) is 0 Å². The lowest BCUT2D eigenvalue weighted by Gasteiger charge is -2.44. The fourth-order valence-electron chi connectivity index (χ4n) is 10.4. The van der Waals surface area contributed by atoms with E-state index in [0.29, 0.717) is 55.6 Å². The number of sulfone groups is 1. The molecule has 3 N–H and O–H groups in total. The number of carbonyl (C=O) groups is 1. The summed E-state index contributed by atoms with van der Waals surface area (Å²) in [5, 5.41) is 7.30. The predicted molar refractivity (Wildman–Crippen MR) is 285 cm³/mol. The highest BCUT2D eigenvalue weighted by atomic mass is 35.5. The van der Waals surface area contributed by atoms with E-state index in [4.69, 9.17) is 16.3 Å². The van der Waals surface area contributed by atoms with E-state index in [1.54, 1.807) is 12.1 Å². The molecule has 1 unspecified atom stereocenters. The van der Waals surface area contributed by atoms with Gasteiger partial charge in [-0.05, 0) is 122 Å². The Bertz CT molecular complexity index is 2760. The smallest absolute Gasteiger partial charge is 0.380 e. The molecule has 8 rings (SSSR count). The topological polar surface area (TPSA) is 144 Å². The van der Waals surface area contributed by atoms with Crippen LogP contribution in [-0.2, 0) is 24.6 Å². The summed E-state index contributed by atoms with van der Waals surface area (Å²) in [7, 11) is -10.9. The minimum atomic E-state index is -6.07. The zero-order valence-corrected chi connectivity index (χ0v) is 44.7. The van der Waals surface area contributed by atoms with Gasteiger partial charge in [0.15, 0.2) is 0 Å². The molecule has 396 valence electrons. The summed E-state index contributed by atoms with van der Waals surface area (Å²) in [6.07, 6.45) is 4.41. The number of rotatable bonds is 18. The van der Waals surface area contributed by atoms with Crippen molar-refractivity contribution in [3.8, 4) is 0 Å². The largest absolute Gasteiger partial charge is 0.501 e. The highest BCUT2D eigenvalue weighted by Gasteiger charge is 2.48. The minimum absolute atomic E-state index is 0.000555. The van der Waals surface area contributed by atoms with Gasteiger partial charge < -0.3 is 25.2 Å². The molecule has 1 aliphatic carbocycles. The number of piperazine rings is 2. The zero-order valence-electron chi connectivity index (χ0n) is 41.5. The zero-order chi connectivity index (χ0) is 51.8. The van der Waals surface area contributed by atoms with Gasteiger partial charge in [0.1, 0.15) is 4.90 Å². The first kappa shape index (κ1) is 55.1. The Balaban J connectivity index is 0.921. The molecule has 3 saturated heterocycles. The van der Waals surface area contributed by atoms with Gasteiger partial charge in [0, 0.05) is 124 Å². The number of sulfonamides is 1. The van der Waals surface area contributed by atoms with Gasteiger partial charge in [-0.25, -0.2) is 21.6 Å². The van der Waals surface area contributed by atoms with Gasteiger partial charge in [0.25, 0.3) is 25.8 Å². The van der Waals surface area contributed by atoms with E-state index < -0.39 is 52.8 Å². The Morgan fingerprint density at radius 3 is 2.34 bits per heavy atom. The Morgan fingerprint density at radius 2 is 1.63 bits per heavy atom. The van der Waals surface area contributed by atoms with E-state index in [1.165, 1.54) is 40.6 Å². The molecule has 3 heterocycles. The SMILES string of the molecule is C[C@@H]1CN(C[C@]2(C)CCC(c3ccc(Cl)cc3)=C(CN3CCN(c4ccc(C(=O)NS(=O)(=O)c5ccc(NC(CCN6CCCOCC6)CSc6ccccc6)c(S(=O)(=O)C(F)(F)F)c5)cc4)CC3)C2)CCN1. The molecular weight excluding hydrogens is 1020 g/mol. The van der Waals surface area contributed by atoms with Crippen molar-refractivity contribution < 1.29 is 39.5 Å². The summed E-state index contributed by atoms with van der Waals surface area (Å²) in [5.41, 5.74) is -1.04. The maximum Gasteiger partial charge on any atom is 0.501 e. The number of anilines is 2. The van der Waals surface area contributed by atoms with Crippen molar-refractivity contribution in [3.05, 3.63) is 119 Å². The number of amides is 1. The number of ether oxygens (including phenoxy) is 1. The van der Waals surface area contributed by atoms with Crippen molar-refractivity contribution in [2.24, 2.45) is 5.41 Å². The molecule has 4 aromatic carbocycles. The Hall–Kier alpha value is -4.18. The number of allylic oxidation sites excluding steroid dienone is 1. The molecular formula is C53H67ClF3N7O6S3. The average Bonchev–Trinajstić information content (AvgIpc) is 3.64. The average molecular weight is 1090 g/mol. The van der Waals surface area contributed by atoms with Crippen LogP contribution >= 0.6 is 23.4 Å². The molecule has 0 bridgehead atoms. The quantitative estimate of drug-likeness (QED) is 0.0821. The third kappa shape index (κ3) is 14.6. The van der Waals surface area contributed by atoms with Gasteiger partial charge in [-0.1, -0.05) is 54.4 Å². The number of halogens is 4. The van der Waals surface area contributed by atoms with Crippen molar-refractivity contribution in [3.63, 3.8) is 0 Å². The first-order valence-corrected chi connectivity index (χ1v) is 29.4. The van der Waals surface area contributed by atoms with Gasteiger partial charge in [-0.2, -0.15) is 13.2 Å². The van der Waals surface area contributed by atoms with Crippen LogP contribution < -0.4 is 20.3 Å². The first-order chi connectivity index (χ1) is 34.8. The standard InChI is InChI=1S/C53H67ClF3N7O6S3/c1-39-35-63(25-22-58-39)38-52(2)21-19-48(40-9-13-43(54)14-10-40)42(34-52)36-62-26-28-64(29-27-62)45-15-11-41(12-16-45)51(65)60-73(68,69)47-17-18-49(50(33-47)72(66,67)53(55,56)57)59-44(37-71-46-7-4-3-5-8-46)20-24-61-23-6-31-70-32-30-61/h3-5,7-18,33,39,44,58-59H,6,19-32,34-38H2,1-2H3,(H,60,65)/t39-,44?,52-/m1/s1. The lowest BCUT2D eigenvalue weighted by Crippen LogP contribution is -2.52. The van der Waals surface area contributed by atoms with Crippen LogP contribution in [0.5, 0.6) is 0 Å². The third-order valence-corrected chi connectivity index (χ3v) is 18.6. The Labute approximate surface area is 438 Å². The molecule has 0 saturated carbocycles. The Morgan fingerprint density at radius 1 is 0.890 bits per heavy atom. The van der Waals surface area contributed by atoms with Gasteiger partial charge in [0.05, 0.1) is 17.2 Å². The summed E-state index contributed by atoms with van der Waals surface area (Å²) in [4.78, 5) is 21.8. The number of nitrogens with one attached hydrogen (secondary N) is 3. The van der Waals surface area contributed by atoms with Crippen molar-refractivity contribution in [2.75, 3.05) is 108 Å². The van der Waals surface area contributed by atoms with Crippen molar-refractivity contribution in [1.82, 2.24) is 24.7 Å². The second kappa shape index (κ2) is 24.2. The number of hydrogen-bond acceptors (Lipinski definition) is 13. The van der Waals surface area contributed by atoms with Crippen molar-refractivity contribution in [1.29, 1.82) is 0 Å². The molecule has 4 aromatic rings. The normalized spacial score (nSPS) is 21.7. The van der Waals surface area contributed by atoms with Crippen LogP contribution in [0.25, 0.3) is 5.57 Å². The number of benzene rings is 4. The molecule has 3 atom stereocenters.